The monoisotopic (exact) mass is 1180 g/mol. The molecule has 0 aliphatic carbocycles. The van der Waals surface area contributed by atoms with Gasteiger partial charge in [0, 0.05) is 12.8 Å². The van der Waals surface area contributed by atoms with E-state index in [9.17, 15) is 19.0 Å². The van der Waals surface area contributed by atoms with Crippen molar-refractivity contribution in [1.29, 1.82) is 0 Å². The Kier molecular flexibility index (Phi) is 58.1. The van der Waals surface area contributed by atoms with Gasteiger partial charge in [-0.05, 0) is 148 Å². The van der Waals surface area contributed by atoms with Gasteiger partial charge >= 0.3 is 11.9 Å². The van der Waals surface area contributed by atoms with Crippen LogP contribution in [0, 0.1) is 0 Å². The van der Waals surface area contributed by atoms with E-state index < -0.39 is 32.5 Å². The number of likely N-dealkylation sites (N-methyl/N-ethyl adjacent to an activating group) is 1. The van der Waals surface area contributed by atoms with E-state index in [1.807, 2.05) is 21.1 Å². The molecule has 0 aliphatic heterocycles. The number of ether oxygens (including phenoxy) is 2. The number of allylic oxidation sites excluding steroid dienone is 34. The number of phosphoric ester groups is 1. The Morgan fingerprint density at radius 3 is 0.976 bits per heavy atom. The minimum atomic E-state index is -4.67. The predicted octanol–water partition coefficient (Wildman–Crippen LogP) is 20.1. The highest BCUT2D eigenvalue weighted by atomic mass is 31.2. The number of carbonyl (C=O) groups excluding carboxylic acids is 2. The molecule has 0 spiro atoms. The zero-order valence-electron chi connectivity index (χ0n) is 53.0. The van der Waals surface area contributed by atoms with Crippen LogP contribution in [-0.2, 0) is 32.7 Å². The maximum atomic E-state index is 12.8. The van der Waals surface area contributed by atoms with Crippen LogP contribution in [0.1, 0.15) is 194 Å². The lowest BCUT2D eigenvalue weighted by atomic mass is 10.1. The van der Waals surface area contributed by atoms with Crippen molar-refractivity contribution in [2.45, 2.75) is 200 Å². The van der Waals surface area contributed by atoms with Gasteiger partial charge in [-0.15, -0.1) is 0 Å². The van der Waals surface area contributed by atoms with Crippen LogP contribution in [0.3, 0.4) is 0 Å². The van der Waals surface area contributed by atoms with Crippen molar-refractivity contribution in [3.05, 3.63) is 207 Å². The van der Waals surface area contributed by atoms with E-state index in [2.05, 4.69) is 220 Å². The molecule has 9 nitrogen and oxygen atoms in total. The largest absolute Gasteiger partial charge is 0.756 e. The third-order valence-electron chi connectivity index (χ3n) is 12.3. The minimum absolute atomic E-state index is 0.0555. The van der Waals surface area contributed by atoms with Crippen molar-refractivity contribution in [2.75, 3.05) is 47.5 Å². The summed E-state index contributed by atoms with van der Waals surface area (Å²) in [5.74, 6) is -0.928. The highest BCUT2D eigenvalue weighted by Gasteiger charge is 2.21. The van der Waals surface area contributed by atoms with E-state index in [1.165, 1.54) is 0 Å². The molecule has 0 bridgehead atoms. The first kappa shape index (κ1) is 78.6. The number of hydrogen-bond donors (Lipinski definition) is 0. The van der Waals surface area contributed by atoms with Crippen molar-refractivity contribution in [3.63, 3.8) is 0 Å². The summed E-state index contributed by atoms with van der Waals surface area (Å²) in [4.78, 5) is 38.0. The summed E-state index contributed by atoms with van der Waals surface area (Å²) >= 11 is 0. The Bertz CT molecular complexity index is 2170. The number of rotatable bonds is 55. The second kappa shape index (κ2) is 62.1. The molecule has 0 saturated heterocycles. The quantitative estimate of drug-likeness (QED) is 0.0195. The maximum Gasteiger partial charge on any atom is 0.306 e. The number of hydrogen-bond acceptors (Lipinski definition) is 8. The summed E-state index contributed by atoms with van der Waals surface area (Å²) in [5, 5.41) is 0. The molecule has 0 aliphatic rings. The molecule has 0 radical (unpaired) electrons. The number of unbranched alkanes of at least 4 members (excludes halogenated alkanes) is 7. The fourth-order valence-corrected chi connectivity index (χ4v) is 8.21. The van der Waals surface area contributed by atoms with Gasteiger partial charge in [-0.25, -0.2) is 0 Å². The molecule has 0 amide bonds. The topological polar surface area (TPSA) is 111 Å². The van der Waals surface area contributed by atoms with E-state index in [4.69, 9.17) is 18.5 Å². The first-order valence-electron chi connectivity index (χ1n) is 31.8. The van der Waals surface area contributed by atoms with Gasteiger partial charge in [0.05, 0.1) is 27.7 Å². The Balaban J connectivity index is 4.33. The Hall–Kier alpha value is -5.41. The first-order valence-corrected chi connectivity index (χ1v) is 33.3. The first-order chi connectivity index (χ1) is 41.0. The summed E-state index contributed by atoms with van der Waals surface area (Å²) in [5.41, 5.74) is 0. The average molecular weight is 1180 g/mol. The maximum absolute atomic E-state index is 12.8. The van der Waals surface area contributed by atoms with Gasteiger partial charge in [0.15, 0.2) is 6.10 Å². The average Bonchev–Trinajstić information content (AvgIpc) is 3.61. The Morgan fingerprint density at radius 2 is 0.643 bits per heavy atom. The van der Waals surface area contributed by atoms with E-state index in [-0.39, 0.29) is 26.1 Å². The Labute approximate surface area is 513 Å². The van der Waals surface area contributed by atoms with Crippen LogP contribution >= 0.6 is 7.82 Å². The van der Waals surface area contributed by atoms with Crippen LogP contribution in [0.5, 0.6) is 0 Å². The van der Waals surface area contributed by atoms with E-state index in [1.54, 1.807) is 0 Å². The zero-order valence-corrected chi connectivity index (χ0v) is 53.9. The van der Waals surface area contributed by atoms with Crippen LogP contribution in [0.25, 0.3) is 0 Å². The van der Waals surface area contributed by atoms with Crippen LogP contribution in [0.15, 0.2) is 207 Å². The van der Waals surface area contributed by atoms with Crippen LogP contribution in [0.4, 0.5) is 0 Å². The molecule has 0 rings (SSSR count). The molecular weight excluding hydrogens is 1060 g/mol. The highest BCUT2D eigenvalue weighted by molar-refractivity contribution is 7.45. The Morgan fingerprint density at radius 1 is 0.369 bits per heavy atom. The smallest absolute Gasteiger partial charge is 0.306 e. The second-order valence-corrected chi connectivity index (χ2v) is 22.7. The van der Waals surface area contributed by atoms with Crippen molar-refractivity contribution < 1.29 is 42.1 Å². The molecule has 10 heteroatoms. The molecule has 0 heterocycles. The third kappa shape index (κ3) is 65.7. The van der Waals surface area contributed by atoms with Gasteiger partial charge in [0.2, 0.25) is 0 Å². The molecule has 2 atom stereocenters. The summed E-state index contributed by atoms with van der Waals surface area (Å²) in [6.07, 6.45) is 98.8. The fraction of sp³-hybridized carbons (Fsp3) is 0.514. The summed E-state index contributed by atoms with van der Waals surface area (Å²) in [6.45, 7) is 3.89. The molecule has 84 heavy (non-hydrogen) atoms. The van der Waals surface area contributed by atoms with Gasteiger partial charge in [0.1, 0.15) is 19.8 Å². The van der Waals surface area contributed by atoms with E-state index >= 15 is 0 Å². The van der Waals surface area contributed by atoms with E-state index in [0.717, 1.165) is 154 Å². The molecule has 0 aromatic rings. The summed E-state index contributed by atoms with van der Waals surface area (Å²) < 4.78 is 34.1. The molecule has 0 aromatic heterocycles. The van der Waals surface area contributed by atoms with Crippen molar-refractivity contribution in [3.8, 4) is 0 Å². The lowest BCUT2D eigenvalue weighted by Crippen LogP contribution is -2.37. The van der Waals surface area contributed by atoms with Crippen LogP contribution in [-0.4, -0.2) is 70.0 Å². The molecule has 0 saturated carbocycles. The summed E-state index contributed by atoms with van der Waals surface area (Å²) in [7, 11) is 1.09. The summed E-state index contributed by atoms with van der Waals surface area (Å²) in [6, 6.07) is 0. The standard InChI is InChI=1S/C74H114NO8P/c1-6-8-10-12-14-16-18-20-22-24-26-28-30-32-34-35-36-37-38-39-41-43-45-47-49-51-53-55-57-59-61-63-65-67-74(77)83-72(71-82-84(78,79)81-69-68-75(3,4)5)70-80-73(76)66-64-62-60-58-56-54-52-50-48-46-44-42-40-33-31-29-27-25-23-21-19-17-15-13-11-9-7-2/h8-11,14-17,20-23,26-29,32-34,36-37,39-41,44-47,50-53,56,58,72H,6-7,12-13,18-19,24-25,30-31,35,38,42-43,48-49,54-55,57,59-71H2,1-5H3/b10-8-,11-9-,16-14-,17-15-,22-20-,23-21-,28-26-,29-27-,34-32-,37-36-,40-33-,41-39-,46-44-,47-45-,52-50-,53-51-,58-56-. The predicted molar refractivity (Wildman–Crippen MR) is 359 cm³/mol. The zero-order chi connectivity index (χ0) is 61.2. The van der Waals surface area contributed by atoms with Gasteiger partial charge < -0.3 is 27.9 Å². The fourth-order valence-electron chi connectivity index (χ4n) is 7.48. The number of esters is 2. The SMILES string of the molecule is CC/C=C\C/C=C\C/C=C\C/C=C\C/C=C\C/C=C\C/C=C\C/C=C\C/C=C\CCCCCCCC(=O)OC(COC(=O)CCCC/C=C\C/C=C\C/C=C\C/C=C\C/C=C\C/C=C\C/C=C\C/C=C\CC)COP(=O)([O-])OCC[N+](C)(C)C. The third-order valence-corrected chi connectivity index (χ3v) is 13.3. The lowest BCUT2D eigenvalue weighted by Gasteiger charge is -2.28. The van der Waals surface area contributed by atoms with Gasteiger partial charge in [-0.3, -0.25) is 14.2 Å². The van der Waals surface area contributed by atoms with Gasteiger partial charge in [0.25, 0.3) is 7.82 Å². The van der Waals surface area contributed by atoms with Crippen LogP contribution < -0.4 is 4.89 Å². The van der Waals surface area contributed by atoms with Gasteiger partial charge in [-0.2, -0.15) is 0 Å². The minimum Gasteiger partial charge on any atom is -0.756 e. The second-order valence-electron chi connectivity index (χ2n) is 21.3. The van der Waals surface area contributed by atoms with E-state index in [0.29, 0.717) is 23.9 Å². The molecule has 468 valence electrons. The molecule has 0 fully saturated rings. The number of nitrogens with zero attached hydrogens (tertiary/aromatic N) is 1. The highest BCUT2D eigenvalue weighted by Crippen LogP contribution is 2.38. The van der Waals surface area contributed by atoms with Crippen molar-refractivity contribution in [2.24, 2.45) is 0 Å². The van der Waals surface area contributed by atoms with Crippen molar-refractivity contribution >= 4 is 19.8 Å². The van der Waals surface area contributed by atoms with Crippen molar-refractivity contribution in [1.82, 2.24) is 0 Å². The molecule has 0 N–H and O–H groups in total. The number of carbonyl (C=O) groups is 2. The van der Waals surface area contributed by atoms with Crippen LogP contribution in [0.2, 0.25) is 0 Å². The number of phosphoric acid groups is 1. The molecular formula is C74H114NO8P. The lowest BCUT2D eigenvalue weighted by molar-refractivity contribution is -0.870. The molecule has 2 unspecified atom stereocenters. The normalized spacial score (nSPS) is 14.6. The van der Waals surface area contributed by atoms with Gasteiger partial charge in [-0.1, -0.05) is 240 Å². The number of quaternary nitrogens is 1. The molecule has 0 aromatic carbocycles.